The van der Waals surface area contributed by atoms with Crippen LogP contribution in [0.2, 0.25) is 0 Å². The van der Waals surface area contributed by atoms with Gasteiger partial charge in [-0.25, -0.2) is 0 Å². The molecule has 9 saturated carbocycles. The van der Waals surface area contributed by atoms with Crippen molar-refractivity contribution in [2.45, 2.75) is 248 Å². The van der Waals surface area contributed by atoms with Crippen LogP contribution in [0.15, 0.2) is 47.1 Å². The predicted octanol–water partition coefficient (Wildman–Crippen LogP) is 16.5. The van der Waals surface area contributed by atoms with E-state index in [1.807, 2.05) is 0 Å². The summed E-state index contributed by atoms with van der Waals surface area (Å²) in [5.74, 6) is 11.9. The first kappa shape index (κ1) is 71.3. The number of thiol groups is 3. The second kappa shape index (κ2) is 29.2. The zero-order valence-electron chi connectivity index (χ0n) is 53.0. The summed E-state index contributed by atoms with van der Waals surface area (Å²) in [5, 5.41) is 9.77. The van der Waals surface area contributed by atoms with Crippen LogP contribution in [0, 0.1) is 115 Å². The van der Waals surface area contributed by atoms with E-state index < -0.39 is 0 Å². The molecule has 0 spiro atoms. The van der Waals surface area contributed by atoms with Crippen molar-refractivity contribution in [3.63, 3.8) is 0 Å². The number of allylic oxidation sites excluding steroid dienone is 4. The van der Waals surface area contributed by atoms with Gasteiger partial charge < -0.3 is 5.11 Å². The second-order valence-corrected chi connectivity index (χ2v) is 33.0. The molecule has 0 heterocycles. The Labute approximate surface area is 566 Å². The standard InChI is InChI=1S/C23H38OPS.C22H36O2PS.C22H34OPS.3Tl.6H/c1-5-15(2)19-8-9-20-18-7-6-16-14-17(24-26-25)10-12-22(16,3)21(18)11-13-23(19,20)4;1-14(13-23)18-6-7-19-17-5-4-15-12-16(24-26-25)8-10-21(15,2)20(17)9-11-22(18,19)3;1-14(2)18-7-8-19-17-6-5-15-13-16(23-25-24)9-11-21(15,3)20(17)10-12-22(18,19)4;;;;;;;;;/h6,15,17-21,26H,5,7-14H2,1-4H3;4,14,16-20,23,26H,5-13H2,1-3H3;5,16-20,25H,1,6-13H2,2-4H3;;;;;;;;;/q3*-1;;;;;;;;;/t15-,17+,18+,19-,20+,21+,22+,23-;14-,16+,17+,18-,19+,20+,21+,22-;16-,17-,18+,19-,20-,21-,22+;;;;;;;;;/m110........./s1. The molecule has 451 valence electrons. The van der Waals surface area contributed by atoms with Gasteiger partial charge in [-0.15, -0.1) is 0 Å². The number of rotatable bonds is 8. The minimum atomic E-state index is 0. The van der Waals surface area contributed by atoms with Gasteiger partial charge in [0, 0.05) is 6.61 Å². The SMILES string of the molecule is C=C(C)[C@H]1CC[C@H]2[C@@H]3CC=C4C[C@@H](O[SH-]#P)CC[C@]4(C)[C@H]3CC[C@]12C.CC[C@@H](C)[C@H]1CC[C@H]2[C@@H]3CC=C4C[C@@H](O[SH-]#P)CC[C@]4(C)[C@H]3CC[C@]12C.C[C@H](CO)[C@H]1CC[C@H]2[C@@H]3CC=C4C[C@@H](O[SH-]#P)CC[C@]4(C)[C@H]3CC[C@]12C.[TlH2].[TlH2].[TlH2]. The molecular formula is C67H114O4P3S3Tl3-3. The van der Waals surface area contributed by atoms with Crippen molar-refractivity contribution in [1.82, 2.24) is 0 Å². The first-order valence-corrected chi connectivity index (χ1v) is 38.0. The summed E-state index contributed by atoms with van der Waals surface area (Å²) in [6.07, 6.45) is 42.4. The van der Waals surface area contributed by atoms with Crippen molar-refractivity contribution < 1.29 is 17.7 Å². The van der Waals surface area contributed by atoms with E-state index >= 15 is 0 Å². The van der Waals surface area contributed by atoms with Crippen molar-refractivity contribution in [3.05, 3.63) is 47.1 Å². The van der Waals surface area contributed by atoms with Crippen molar-refractivity contribution in [2.24, 2.45) is 115 Å². The van der Waals surface area contributed by atoms with Gasteiger partial charge in [0.15, 0.2) is 0 Å². The molecule has 4 nitrogen and oxygen atoms in total. The van der Waals surface area contributed by atoms with Gasteiger partial charge in [0.2, 0.25) is 0 Å². The quantitative estimate of drug-likeness (QED) is 0.0865. The van der Waals surface area contributed by atoms with Crippen LogP contribution in [0.4, 0.5) is 0 Å². The van der Waals surface area contributed by atoms with Crippen LogP contribution < -0.4 is 0 Å². The fourth-order valence-electron chi connectivity index (χ4n) is 23.5. The molecule has 80 heavy (non-hydrogen) atoms. The Balaban J connectivity index is 0.000000170. The molecule has 0 amide bonds. The third kappa shape index (κ3) is 13.0. The fraction of sp³-hybridized carbons (Fsp3) is 0.881. The van der Waals surface area contributed by atoms with Crippen LogP contribution in [0.25, 0.3) is 0 Å². The predicted molar refractivity (Wildman–Crippen MR) is 363 cm³/mol. The van der Waals surface area contributed by atoms with Gasteiger partial charge in [-0.1, -0.05) is 33.8 Å². The molecule has 0 bridgehead atoms. The van der Waals surface area contributed by atoms with Gasteiger partial charge in [0.1, 0.15) is 0 Å². The summed E-state index contributed by atoms with van der Waals surface area (Å²) >= 11 is 2.36. The summed E-state index contributed by atoms with van der Waals surface area (Å²) < 4.78 is 17.5. The molecule has 0 unspecified atom stereocenters. The molecule has 13 heteroatoms. The molecule has 23 atom stereocenters. The molecule has 12 aliphatic rings. The van der Waals surface area contributed by atoms with Crippen LogP contribution in [-0.2, 0) is 45.6 Å². The van der Waals surface area contributed by atoms with Crippen LogP contribution in [0.3, 0.4) is 0 Å². The monoisotopic (exact) mass is 1790 g/mol. The molecule has 0 aromatic carbocycles. The van der Waals surface area contributed by atoms with Crippen LogP contribution in [0.1, 0.15) is 230 Å². The fourth-order valence-corrected chi connectivity index (χ4v) is 25.7. The molecule has 12 rings (SSSR count). The normalized spacial score (nSPS) is 47.0. The second-order valence-electron chi connectivity index (χ2n) is 30.5. The average molecular weight is 1790 g/mol. The maximum absolute atomic E-state index is 9.77. The van der Waals surface area contributed by atoms with Gasteiger partial charge in [0.25, 0.3) is 0 Å². The first-order chi connectivity index (χ1) is 36.8. The Morgan fingerprint density at radius 2 is 0.850 bits per heavy atom. The molecular weight excluding hydrogens is 1670 g/mol. The number of hydrogen-bond acceptors (Lipinski definition) is 7. The van der Waals surface area contributed by atoms with E-state index in [0.717, 1.165) is 129 Å². The third-order valence-electron chi connectivity index (χ3n) is 27.8. The number of aliphatic hydroxyl groups is 1. The van der Waals surface area contributed by atoms with E-state index in [0.29, 0.717) is 63.3 Å². The topological polar surface area (TPSA) is 47.9 Å². The summed E-state index contributed by atoms with van der Waals surface area (Å²) in [5.41, 5.74) is 9.43. The van der Waals surface area contributed by atoms with Gasteiger partial charge in [-0.05, 0) is 6.92 Å². The van der Waals surface area contributed by atoms with Crippen molar-refractivity contribution in [3.8, 4) is 0 Å². The van der Waals surface area contributed by atoms with E-state index in [1.165, 1.54) is 147 Å². The van der Waals surface area contributed by atoms with Gasteiger partial charge >= 0.3 is 521 Å². The average Bonchev–Trinajstić information content (AvgIpc) is 4.18. The van der Waals surface area contributed by atoms with Crippen LogP contribution in [0.5, 0.6) is 0 Å². The summed E-state index contributed by atoms with van der Waals surface area (Å²) in [6.45, 7) is 29.8. The Morgan fingerprint density at radius 3 is 1.19 bits per heavy atom. The minimum absolute atomic E-state index is 0. The summed E-state index contributed by atoms with van der Waals surface area (Å²) in [6, 6.07) is 0. The summed E-state index contributed by atoms with van der Waals surface area (Å²) in [7, 11) is 12.7. The van der Waals surface area contributed by atoms with Crippen LogP contribution >= 0.6 is 23.4 Å². The Kier molecular flexibility index (Phi) is 26.1. The maximum atomic E-state index is 9.77. The van der Waals surface area contributed by atoms with E-state index in [-0.39, 0.29) is 81.9 Å². The Morgan fingerprint density at radius 1 is 0.512 bits per heavy atom. The number of fused-ring (bicyclic) bond motifs is 15. The summed E-state index contributed by atoms with van der Waals surface area (Å²) in [4.78, 5) is 0. The molecule has 0 aromatic heterocycles. The zero-order chi connectivity index (χ0) is 54.9. The number of hydrogen-bond donors (Lipinski definition) is 1. The molecule has 9 fully saturated rings. The zero-order valence-corrected chi connectivity index (χ0v) is 81.7. The molecule has 0 aliphatic heterocycles. The third-order valence-corrected chi connectivity index (χ3v) is 29.8. The van der Waals surface area contributed by atoms with Crippen molar-refractivity contribution >= 4 is 138 Å². The van der Waals surface area contributed by atoms with E-state index in [1.54, 1.807) is 16.7 Å². The number of aliphatic hydroxyl groups excluding tert-OH is 1. The molecule has 3 radical (unpaired) electrons. The van der Waals surface area contributed by atoms with Gasteiger partial charge in [-0.3, -0.25) is 0 Å². The van der Waals surface area contributed by atoms with E-state index in [4.69, 9.17) is 12.5 Å². The molecule has 0 aromatic rings. The van der Waals surface area contributed by atoms with E-state index in [9.17, 15) is 5.11 Å². The van der Waals surface area contributed by atoms with Gasteiger partial charge in [0.05, 0.1) is 0 Å². The molecule has 0 saturated heterocycles. The van der Waals surface area contributed by atoms with E-state index in [2.05, 4.69) is 117 Å². The van der Waals surface area contributed by atoms with Gasteiger partial charge in [-0.2, -0.15) is 0 Å². The Bertz CT molecular complexity index is 2330. The Hall–Kier alpha value is 3.91. The van der Waals surface area contributed by atoms with Crippen LogP contribution in [-0.4, -0.2) is 112 Å². The first-order valence-electron chi connectivity index (χ1n) is 32.1. The molecule has 12 aliphatic carbocycles. The van der Waals surface area contributed by atoms with Crippen molar-refractivity contribution in [1.29, 1.82) is 0 Å². The van der Waals surface area contributed by atoms with Crippen molar-refractivity contribution in [2.75, 3.05) is 6.61 Å². The molecule has 1 N–H and O–H groups in total.